The van der Waals surface area contributed by atoms with Gasteiger partial charge in [-0.05, 0) is 30.9 Å². The van der Waals surface area contributed by atoms with Gasteiger partial charge in [0.05, 0.1) is 5.69 Å². The van der Waals surface area contributed by atoms with Crippen LogP contribution in [0.25, 0.3) is 0 Å². The largest absolute Gasteiger partial charge is 0.423 e. The third kappa shape index (κ3) is 1.24. The minimum Gasteiger partial charge on any atom is -0.375 e. The number of fused-ring (bicyclic) bond motifs is 1. The van der Waals surface area contributed by atoms with Crippen LogP contribution in [0.4, 0.5) is 13.2 Å². The van der Waals surface area contributed by atoms with Gasteiger partial charge in [0, 0.05) is 5.41 Å². The van der Waals surface area contributed by atoms with Crippen LogP contribution < -0.4 is 0 Å². The maximum absolute atomic E-state index is 13.2. The lowest BCUT2D eigenvalue weighted by atomic mass is 9.85. The monoisotopic (exact) mass is 263 g/mol. The van der Waals surface area contributed by atoms with Crippen molar-refractivity contribution in [3.63, 3.8) is 0 Å². The fourth-order valence-corrected chi connectivity index (χ4v) is 2.94. The van der Waals surface area contributed by atoms with Gasteiger partial charge >= 0.3 is 6.18 Å². The number of aliphatic hydroxyl groups is 1. The Bertz CT molecular complexity index is 498. The summed E-state index contributed by atoms with van der Waals surface area (Å²) >= 11 is 5.62. The van der Waals surface area contributed by atoms with Crippen molar-refractivity contribution < 1.29 is 18.3 Å². The molecular formula is C11H9ClF3NO. The summed E-state index contributed by atoms with van der Waals surface area (Å²) in [6.45, 7) is 0. The van der Waals surface area contributed by atoms with E-state index in [1.807, 2.05) is 0 Å². The zero-order chi connectivity index (χ0) is 12.5. The quantitative estimate of drug-likeness (QED) is 0.730. The van der Waals surface area contributed by atoms with Crippen LogP contribution in [-0.4, -0.2) is 16.3 Å². The summed E-state index contributed by atoms with van der Waals surface area (Å²) in [5.74, 6) is 0. The van der Waals surface area contributed by atoms with E-state index in [4.69, 9.17) is 11.6 Å². The standard InChI is InChI=1S/C11H9ClF3NO/c12-7-2-1-6-5-9(3-4-9)10(17,8(6)16-7)11(13,14)15/h1-2,17H,3-5H2. The molecule has 0 aromatic carbocycles. The first-order chi connectivity index (χ1) is 7.80. The third-order valence-electron chi connectivity index (χ3n) is 3.85. The lowest BCUT2D eigenvalue weighted by Crippen LogP contribution is -2.47. The zero-order valence-corrected chi connectivity index (χ0v) is 9.44. The second kappa shape index (κ2) is 2.95. The fraction of sp³-hybridized carbons (Fsp3) is 0.545. The molecule has 17 heavy (non-hydrogen) atoms. The minimum absolute atomic E-state index is 0.0240. The van der Waals surface area contributed by atoms with Crippen LogP contribution in [0.5, 0.6) is 0 Å². The summed E-state index contributed by atoms with van der Waals surface area (Å²) in [5.41, 5.74) is -3.80. The van der Waals surface area contributed by atoms with Crippen molar-refractivity contribution in [3.05, 3.63) is 28.5 Å². The highest BCUT2D eigenvalue weighted by molar-refractivity contribution is 6.29. The van der Waals surface area contributed by atoms with Crippen molar-refractivity contribution in [1.29, 1.82) is 0 Å². The van der Waals surface area contributed by atoms with Crippen LogP contribution in [-0.2, 0) is 12.0 Å². The van der Waals surface area contributed by atoms with Crippen molar-refractivity contribution in [2.75, 3.05) is 0 Å². The molecule has 0 saturated heterocycles. The molecule has 0 amide bonds. The lowest BCUT2D eigenvalue weighted by molar-refractivity contribution is -0.289. The fourth-order valence-electron chi connectivity index (χ4n) is 2.79. The van der Waals surface area contributed by atoms with E-state index in [2.05, 4.69) is 4.98 Å². The van der Waals surface area contributed by atoms with Crippen LogP contribution in [0.3, 0.4) is 0 Å². The smallest absolute Gasteiger partial charge is 0.375 e. The van der Waals surface area contributed by atoms with Gasteiger partial charge in [0.25, 0.3) is 0 Å². The number of nitrogens with zero attached hydrogens (tertiary/aromatic N) is 1. The maximum atomic E-state index is 13.2. The molecule has 1 atom stereocenters. The first-order valence-electron chi connectivity index (χ1n) is 5.25. The summed E-state index contributed by atoms with van der Waals surface area (Å²) in [4.78, 5) is 3.70. The summed E-state index contributed by atoms with van der Waals surface area (Å²) in [7, 11) is 0. The Morgan fingerprint density at radius 3 is 2.47 bits per heavy atom. The summed E-state index contributed by atoms with van der Waals surface area (Å²) in [6, 6.07) is 2.98. The summed E-state index contributed by atoms with van der Waals surface area (Å²) in [5, 5.41) is 10.1. The number of hydrogen-bond donors (Lipinski definition) is 1. The van der Waals surface area contributed by atoms with E-state index in [-0.39, 0.29) is 17.3 Å². The molecule has 1 saturated carbocycles. The Morgan fingerprint density at radius 1 is 1.29 bits per heavy atom. The van der Waals surface area contributed by atoms with Crippen LogP contribution in [0.15, 0.2) is 12.1 Å². The molecule has 2 aliphatic rings. The van der Waals surface area contributed by atoms with Crippen LogP contribution in [0.1, 0.15) is 24.1 Å². The third-order valence-corrected chi connectivity index (χ3v) is 4.06. The number of rotatable bonds is 0. The van der Waals surface area contributed by atoms with Gasteiger partial charge in [-0.3, -0.25) is 0 Å². The highest BCUT2D eigenvalue weighted by atomic mass is 35.5. The number of alkyl halides is 3. The van der Waals surface area contributed by atoms with Gasteiger partial charge in [0.15, 0.2) is 0 Å². The van der Waals surface area contributed by atoms with Crippen LogP contribution in [0, 0.1) is 5.41 Å². The molecule has 6 heteroatoms. The number of aromatic nitrogens is 1. The van der Waals surface area contributed by atoms with E-state index in [0.29, 0.717) is 18.4 Å². The maximum Gasteiger partial charge on any atom is 0.423 e. The van der Waals surface area contributed by atoms with Crippen molar-refractivity contribution in [3.8, 4) is 0 Å². The van der Waals surface area contributed by atoms with Crippen molar-refractivity contribution in [2.24, 2.45) is 5.41 Å². The molecule has 1 fully saturated rings. The zero-order valence-electron chi connectivity index (χ0n) is 8.68. The second-order valence-corrected chi connectivity index (χ2v) is 5.19. The van der Waals surface area contributed by atoms with Gasteiger partial charge in [0.1, 0.15) is 5.15 Å². The van der Waals surface area contributed by atoms with E-state index in [0.717, 1.165) is 0 Å². The van der Waals surface area contributed by atoms with Gasteiger partial charge < -0.3 is 5.11 Å². The Hall–Kier alpha value is -0.810. The van der Waals surface area contributed by atoms with Crippen LogP contribution in [0.2, 0.25) is 5.15 Å². The Labute approximate surface area is 100 Å². The average Bonchev–Trinajstić information content (AvgIpc) is 2.94. The minimum atomic E-state index is -4.72. The van der Waals surface area contributed by atoms with Crippen LogP contribution >= 0.6 is 11.6 Å². The first-order valence-corrected chi connectivity index (χ1v) is 5.63. The number of halogens is 4. The van der Waals surface area contributed by atoms with Gasteiger partial charge in [-0.25, -0.2) is 4.98 Å². The average molecular weight is 264 g/mol. The molecule has 3 rings (SSSR count). The molecule has 1 aromatic rings. The molecule has 0 radical (unpaired) electrons. The van der Waals surface area contributed by atoms with E-state index < -0.39 is 17.2 Å². The normalized spacial score (nSPS) is 29.5. The Kier molecular flexibility index (Phi) is 1.96. The molecule has 1 aromatic heterocycles. The van der Waals surface area contributed by atoms with Crippen molar-refractivity contribution in [1.82, 2.24) is 4.98 Å². The molecular weight excluding hydrogens is 255 g/mol. The predicted molar refractivity (Wildman–Crippen MR) is 54.6 cm³/mol. The van der Waals surface area contributed by atoms with Gasteiger partial charge in [-0.1, -0.05) is 17.7 Å². The highest BCUT2D eigenvalue weighted by Gasteiger charge is 2.75. The molecule has 2 nitrogen and oxygen atoms in total. The van der Waals surface area contributed by atoms with Gasteiger partial charge in [-0.2, -0.15) is 13.2 Å². The molecule has 1 N–H and O–H groups in total. The van der Waals surface area contributed by atoms with E-state index in [1.165, 1.54) is 12.1 Å². The molecule has 1 heterocycles. The highest BCUT2D eigenvalue weighted by Crippen LogP contribution is 2.69. The van der Waals surface area contributed by atoms with Crippen molar-refractivity contribution in [2.45, 2.75) is 31.0 Å². The molecule has 2 aliphatic carbocycles. The second-order valence-electron chi connectivity index (χ2n) is 4.81. The molecule has 0 aliphatic heterocycles. The van der Waals surface area contributed by atoms with E-state index in [9.17, 15) is 18.3 Å². The molecule has 1 spiro atoms. The Balaban J connectivity index is 2.24. The Morgan fingerprint density at radius 2 is 1.94 bits per heavy atom. The summed E-state index contributed by atoms with van der Waals surface area (Å²) in [6.07, 6.45) is -3.75. The van der Waals surface area contributed by atoms with Gasteiger partial charge in [-0.15, -0.1) is 0 Å². The SMILES string of the molecule is OC1(C(F)(F)F)c2nc(Cl)ccc2CC12CC2. The van der Waals surface area contributed by atoms with E-state index in [1.54, 1.807) is 0 Å². The van der Waals surface area contributed by atoms with E-state index >= 15 is 0 Å². The summed E-state index contributed by atoms with van der Waals surface area (Å²) < 4.78 is 39.5. The van der Waals surface area contributed by atoms with Gasteiger partial charge in [0.2, 0.25) is 5.60 Å². The predicted octanol–water partition coefficient (Wildman–Crippen LogP) is 2.82. The molecule has 0 bridgehead atoms. The lowest BCUT2D eigenvalue weighted by Gasteiger charge is -2.32. The first kappa shape index (κ1) is 11.3. The van der Waals surface area contributed by atoms with Crippen molar-refractivity contribution >= 4 is 11.6 Å². The molecule has 92 valence electrons. The topological polar surface area (TPSA) is 33.1 Å². The number of hydrogen-bond acceptors (Lipinski definition) is 2. The number of pyridine rings is 1. The molecule has 1 unspecified atom stereocenters.